The molecule has 0 fully saturated rings. The molecule has 1 atom stereocenters. The largest absolute Gasteiger partial charge is 0.508 e. The van der Waals surface area contributed by atoms with E-state index >= 15 is 0 Å². The normalized spacial score (nSPS) is 12.4. The van der Waals surface area contributed by atoms with Crippen LogP contribution >= 0.6 is 0 Å². The van der Waals surface area contributed by atoms with Crippen molar-refractivity contribution in [3.63, 3.8) is 0 Å². The topological polar surface area (TPSA) is 54.9 Å². The summed E-state index contributed by atoms with van der Waals surface area (Å²) in [6.07, 6.45) is 0.688. The summed E-state index contributed by atoms with van der Waals surface area (Å²) in [7, 11) is 0. The molecule has 1 unspecified atom stereocenters. The van der Waals surface area contributed by atoms with Crippen molar-refractivity contribution in [2.45, 2.75) is 33.4 Å². The Bertz CT molecular complexity index is 981. The molecule has 4 nitrogen and oxygen atoms in total. The quantitative estimate of drug-likeness (QED) is 0.668. The summed E-state index contributed by atoms with van der Waals surface area (Å²) in [5.41, 5.74) is 2.57. The molecule has 0 saturated carbocycles. The standard InChI is InChI=1S/C21H22FNO3/c1-3-15-9-18-16(10-21(25)26-20(18)11-19(15)24)13-23(4-2)12-14-6-5-7-17(22)8-14/h5-11,24H,3-4,12-13H2,1-2H3/p+1. The van der Waals surface area contributed by atoms with Gasteiger partial charge in [-0.05, 0) is 37.1 Å². The summed E-state index contributed by atoms with van der Waals surface area (Å²) >= 11 is 0. The number of quaternary nitrogens is 1. The van der Waals surface area contributed by atoms with Gasteiger partial charge in [-0.1, -0.05) is 19.1 Å². The van der Waals surface area contributed by atoms with Gasteiger partial charge < -0.3 is 14.4 Å². The third kappa shape index (κ3) is 3.94. The first kappa shape index (κ1) is 18.1. The Balaban J connectivity index is 1.96. The van der Waals surface area contributed by atoms with E-state index < -0.39 is 5.63 Å². The van der Waals surface area contributed by atoms with Crippen LogP contribution in [0.5, 0.6) is 5.75 Å². The highest BCUT2D eigenvalue weighted by Crippen LogP contribution is 2.26. The van der Waals surface area contributed by atoms with E-state index in [2.05, 4.69) is 6.92 Å². The van der Waals surface area contributed by atoms with Crippen LogP contribution in [0.25, 0.3) is 11.0 Å². The van der Waals surface area contributed by atoms with Crippen molar-refractivity contribution >= 4 is 11.0 Å². The molecule has 3 aromatic rings. The number of nitrogens with one attached hydrogen (secondary N) is 1. The fourth-order valence-corrected chi connectivity index (χ4v) is 3.25. The van der Waals surface area contributed by atoms with Gasteiger partial charge in [0, 0.05) is 28.6 Å². The van der Waals surface area contributed by atoms with Crippen molar-refractivity contribution in [2.24, 2.45) is 0 Å². The zero-order valence-corrected chi connectivity index (χ0v) is 15.0. The first-order valence-electron chi connectivity index (χ1n) is 8.86. The fraction of sp³-hybridized carbons (Fsp3) is 0.286. The molecule has 0 spiro atoms. The molecule has 5 heteroatoms. The number of phenolic OH excluding ortho intramolecular Hbond substituents is 1. The van der Waals surface area contributed by atoms with Gasteiger partial charge in [-0.2, -0.15) is 0 Å². The minimum atomic E-state index is -0.433. The highest BCUT2D eigenvalue weighted by atomic mass is 19.1. The van der Waals surface area contributed by atoms with Crippen molar-refractivity contribution in [1.82, 2.24) is 0 Å². The molecular weight excluding hydrogens is 333 g/mol. The van der Waals surface area contributed by atoms with E-state index in [1.165, 1.54) is 23.1 Å². The smallest absolute Gasteiger partial charge is 0.336 e. The lowest BCUT2D eigenvalue weighted by Gasteiger charge is -2.19. The Hall–Kier alpha value is -2.66. The second-order valence-electron chi connectivity index (χ2n) is 6.51. The van der Waals surface area contributed by atoms with Gasteiger partial charge in [-0.15, -0.1) is 0 Å². The molecular formula is C21H23FNO3+. The Morgan fingerprint density at radius 1 is 1.08 bits per heavy atom. The lowest BCUT2D eigenvalue weighted by atomic mass is 10.0. The summed E-state index contributed by atoms with van der Waals surface area (Å²) in [4.78, 5) is 13.1. The molecule has 3 rings (SSSR count). The Kier molecular flexibility index (Phi) is 5.38. The highest BCUT2D eigenvalue weighted by molar-refractivity contribution is 5.82. The summed E-state index contributed by atoms with van der Waals surface area (Å²) in [6.45, 7) is 6.13. The third-order valence-corrected chi connectivity index (χ3v) is 4.69. The first-order valence-corrected chi connectivity index (χ1v) is 8.86. The second-order valence-corrected chi connectivity index (χ2v) is 6.51. The van der Waals surface area contributed by atoms with Crippen LogP contribution in [-0.2, 0) is 19.5 Å². The van der Waals surface area contributed by atoms with Crippen molar-refractivity contribution in [3.8, 4) is 5.75 Å². The summed E-state index contributed by atoms with van der Waals surface area (Å²) in [5, 5.41) is 10.9. The molecule has 136 valence electrons. The number of hydrogen-bond donors (Lipinski definition) is 2. The predicted octanol–water partition coefficient (Wildman–Crippen LogP) is 2.81. The molecule has 2 aromatic carbocycles. The number of rotatable bonds is 6. The van der Waals surface area contributed by atoms with Crippen molar-refractivity contribution in [3.05, 3.63) is 75.4 Å². The van der Waals surface area contributed by atoms with Crippen molar-refractivity contribution in [1.29, 1.82) is 0 Å². The Labute approximate surface area is 151 Å². The number of fused-ring (bicyclic) bond motifs is 1. The van der Waals surface area contributed by atoms with Gasteiger partial charge in [0.25, 0.3) is 0 Å². The van der Waals surface area contributed by atoms with Gasteiger partial charge in [-0.3, -0.25) is 0 Å². The SMILES string of the molecule is CCc1cc2c(C[NH+](CC)Cc3cccc(F)c3)cc(=O)oc2cc1O. The zero-order chi connectivity index (χ0) is 18.7. The van der Waals surface area contributed by atoms with Gasteiger partial charge in [0.1, 0.15) is 30.2 Å². The number of hydrogen-bond acceptors (Lipinski definition) is 3. The van der Waals surface area contributed by atoms with Crippen LogP contribution in [0.1, 0.15) is 30.5 Å². The Morgan fingerprint density at radius 2 is 1.88 bits per heavy atom. The average Bonchev–Trinajstić information content (AvgIpc) is 2.60. The van der Waals surface area contributed by atoms with Gasteiger partial charge in [0.2, 0.25) is 0 Å². The lowest BCUT2D eigenvalue weighted by Crippen LogP contribution is -3.09. The Morgan fingerprint density at radius 3 is 2.58 bits per heavy atom. The molecule has 1 aromatic heterocycles. The molecule has 0 aliphatic carbocycles. The summed E-state index contributed by atoms with van der Waals surface area (Å²) in [5.74, 6) is -0.105. The van der Waals surface area contributed by atoms with E-state index in [9.17, 15) is 14.3 Å². The average molecular weight is 356 g/mol. The van der Waals surface area contributed by atoms with Crippen LogP contribution in [-0.4, -0.2) is 11.7 Å². The number of aromatic hydroxyl groups is 1. The van der Waals surface area contributed by atoms with Crippen molar-refractivity contribution < 1.29 is 18.8 Å². The summed E-state index contributed by atoms with van der Waals surface area (Å²) in [6, 6.07) is 11.5. The van der Waals surface area contributed by atoms with Crippen LogP contribution < -0.4 is 10.5 Å². The number of phenols is 1. The minimum Gasteiger partial charge on any atom is -0.508 e. The van der Waals surface area contributed by atoms with Crippen LogP contribution in [0.2, 0.25) is 0 Å². The number of halogens is 1. The van der Waals surface area contributed by atoms with E-state index in [0.29, 0.717) is 25.1 Å². The minimum absolute atomic E-state index is 0.139. The molecule has 26 heavy (non-hydrogen) atoms. The molecule has 0 saturated heterocycles. The predicted molar refractivity (Wildman–Crippen MR) is 98.8 cm³/mol. The molecule has 0 aliphatic rings. The van der Waals surface area contributed by atoms with E-state index in [-0.39, 0.29) is 11.6 Å². The molecule has 0 bridgehead atoms. The maximum Gasteiger partial charge on any atom is 0.336 e. The molecule has 0 amide bonds. The monoisotopic (exact) mass is 356 g/mol. The number of benzene rings is 2. The third-order valence-electron chi connectivity index (χ3n) is 4.69. The number of aryl methyl sites for hydroxylation is 1. The lowest BCUT2D eigenvalue weighted by molar-refractivity contribution is -0.925. The van der Waals surface area contributed by atoms with E-state index in [1.54, 1.807) is 12.1 Å². The van der Waals surface area contributed by atoms with E-state index in [4.69, 9.17) is 4.42 Å². The van der Waals surface area contributed by atoms with Crippen LogP contribution in [0.4, 0.5) is 4.39 Å². The fourth-order valence-electron chi connectivity index (χ4n) is 3.25. The van der Waals surface area contributed by atoms with E-state index in [1.807, 2.05) is 19.1 Å². The maximum absolute atomic E-state index is 13.4. The first-order chi connectivity index (χ1) is 12.5. The van der Waals surface area contributed by atoms with Gasteiger partial charge in [-0.25, -0.2) is 9.18 Å². The molecule has 2 N–H and O–H groups in total. The zero-order valence-electron chi connectivity index (χ0n) is 15.0. The second kappa shape index (κ2) is 7.70. The van der Waals surface area contributed by atoms with Crippen LogP contribution in [0.15, 0.2) is 51.7 Å². The van der Waals surface area contributed by atoms with Crippen LogP contribution in [0.3, 0.4) is 0 Å². The highest BCUT2D eigenvalue weighted by Gasteiger charge is 2.15. The molecule has 0 radical (unpaired) electrons. The van der Waals surface area contributed by atoms with Gasteiger partial charge >= 0.3 is 5.63 Å². The van der Waals surface area contributed by atoms with Gasteiger partial charge in [0.15, 0.2) is 0 Å². The van der Waals surface area contributed by atoms with Gasteiger partial charge in [0.05, 0.1) is 6.54 Å². The van der Waals surface area contributed by atoms with E-state index in [0.717, 1.165) is 28.6 Å². The van der Waals surface area contributed by atoms with Crippen molar-refractivity contribution in [2.75, 3.05) is 6.54 Å². The molecule has 0 aliphatic heterocycles. The maximum atomic E-state index is 13.4. The van der Waals surface area contributed by atoms with Crippen LogP contribution in [0, 0.1) is 5.82 Å². The molecule has 1 heterocycles. The summed E-state index contributed by atoms with van der Waals surface area (Å²) < 4.78 is 18.7.